The number of hydrogen-bond donors (Lipinski definition) is 1. The molecule has 0 aliphatic heterocycles. The molecular formula is C13H13N3O2. The number of anilines is 2. The summed E-state index contributed by atoms with van der Waals surface area (Å²) in [6.07, 6.45) is 1.52. The molecule has 2 aromatic rings. The van der Waals surface area contributed by atoms with Crippen molar-refractivity contribution in [3.05, 3.63) is 48.4 Å². The molecule has 0 aliphatic carbocycles. The lowest BCUT2D eigenvalue weighted by atomic mass is 10.3. The van der Waals surface area contributed by atoms with E-state index >= 15 is 0 Å². The van der Waals surface area contributed by atoms with E-state index in [1.54, 1.807) is 13.0 Å². The predicted octanol–water partition coefficient (Wildman–Crippen LogP) is 2.40. The third-order valence-corrected chi connectivity index (χ3v) is 2.16. The molecular weight excluding hydrogens is 230 g/mol. The van der Waals surface area contributed by atoms with Crippen LogP contribution in [-0.4, -0.2) is 22.5 Å². The summed E-state index contributed by atoms with van der Waals surface area (Å²) in [5, 5.41) is 3.08. The minimum absolute atomic E-state index is 0.0535. The molecule has 1 aromatic carbocycles. The van der Waals surface area contributed by atoms with E-state index in [-0.39, 0.29) is 5.82 Å². The number of carbonyl (C=O) groups is 1. The average molecular weight is 243 g/mol. The van der Waals surface area contributed by atoms with Gasteiger partial charge in [-0.15, -0.1) is 0 Å². The van der Waals surface area contributed by atoms with Crippen LogP contribution in [0.15, 0.2) is 42.6 Å². The number of benzene rings is 1. The lowest BCUT2D eigenvalue weighted by Crippen LogP contribution is -2.10. The van der Waals surface area contributed by atoms with Crippen molar-refractivity contribution in [2.45, 2.75) is 6.92 Å². The predicted molar refractivity (Wildman–Crippen MR) is 67.7 cm³/mol. The SMILES string of the molecule is CCOC(=O)c1nccc(Nc2ccccc2)n1. The molecule has 1 heterocycles. The monoisotopic (exact) mass is 243 g/mol. The second kappa shape index (κ2) is 5.77. The Morgan fingerprint density at radius 1 is 1.28 bits per heavy atom. The first-order valence-corrected chi connectivity index (χ1v) is 5.62. The van der Waals surface area contributed by atoms with Crippen LogP contribution in [0.25, 0.3) is 0 Å². The fourth-order valence-corrected chi connectivity index (χ4v) is 1.39. The van der Waals surface area contributed by atoms with Crippen molar-refractivity contribution in [3.8, 4) is 0 Å². The second-order valence-corrected chi connectivity index (χ2v) is 3.48. The topological polar surface area (TPSA) is 64.1 Å². The molecule has 0 fully saturated rings. The van der Waals surface area contributed by atoms with E-state index in [2.05, 4.69) is 15.3 Å². The zero-order chi connectivity index (χ0) is 12.8. The Labute approximate surface area is 105 Å². The van der Waals surface area contributed by atoms with Crippen LogP contribution in [0.4, 0.5) is 11.5 Å². The number of esters is 1. The number of nitrogens with one attached hydrogen (secondary N) is 1. The Kier molecular flexibility index (Phi) is 3.86. The van der Waals surface area contributed by atoms with E-state index < -0.39 is 5.97 Å². The Morgan fingerprint density at radius 3 is 2.78 bits per heavy atom. The number of para-hydroxylation sites is 1. The summed E-state index contributed by atoms with van der Waals surface area (Å²) in [4.78, 5) is 19.4. The van der Waals surface area contributed by atoms with Crippen molar-refractivity contribution in [1.82, 2.24) is 9.97 Å². The third kappa shape index (κ3) is 3.04. The first-order valence-electron chi connectivity index (χ1n) is 5.62. The lowest BCUT2D eigenvalue weighted by Gasteiger charge is -2.06. The van der Waals surface area contributed by atoms with Gasteiger partial charge in [0.05, 0.1) is 6.61 Å². The summed E-state index contributed by atoms with van der Waals surface area (Å²) in [6.45, 7) is 2.04. The molecule has 0 saturated heterocycles. The van der Waals surface area contributed by atoms with Gasteiger partial charge in [-0.2, -0.15) is 0 Å². The molecule has 0 aliphatic rings. The molecule has 1 aromatic heterocycles. The van der Waals surface area contributed by atoms with Gasteiger partial charge in [0.1, 0.15) is 5.82 Å². The largest absolute Gasteiger partial charge is 0.460 e. The van der Waals surface area contributed by atoms with Gasteiger partial charge < -0.3 is 10.1 Å². The van der Waals surface area contributed by atoms with E-state index in [1.807, 2.05) is 30.3 Å². The van der Waals surface area contributed by atoms with Crippen LogP contribution >= 0.6 is 0 Å². The Balaban J connectivity index is 2.15. The van der Waals surface area contributed by atoms with Gasteiger partial charge in [-0.05, 0) is 25.1 Å². The molecule has 0 saturated carbocycles. The van der Waals surface area contributed by atoms with E-state index in [9.17, 15) is 4.79 Å². The Bertz CT molecular complexity index is 529. The van der Waals surface area contributed by atoms with E-state index in [4.69, 9.17) is 4.74 Å². The van der Waals surface area contributed by atoms with Gasteiger partial charge in [0, 0.05) is 11.9 Å². The molecule has 1 N–H and O–H groups in total. The van der Waals surface area contributed by atoms with Gasteiger partial charge in [-0.25, -0.2) is 14.8 Å². The highest BCUT2D eigenvalue weighted by Gasteiger charge is 2.10. The standard InChI is InChI=1S/C13H13N3O2/c1-2-18-13(17)12-14-9-8-11(16-12)15-10-6-4-3-5-7-10/h3-9H,2H2,1H3,(H,14,15,16). The molecule has 0 spiro atoms. The van der Waals surface area contributed by atoms with Crippen molar-refractivity contribution in [2.75, 3.05) is 11.9 Å². The molecule has 0 unspecified atom stereocenters. The van der Waals surface area contributed by atoms with Crippen LogP contribution in [0.5, 0.6) is 0 Å². The third-order valence-electron chi connectivity index (χ3n) is 2.16. The van der Waals surface area contributed by atoms with Gasteiger partial charge in [-0.1, -0.05) is 18.2 Å². The molecule has 0 bridgehead atoms. The number of aromatic nitrogens is 2. The van der Waals surface area contributed by atoms with Crippen LogP contribution in [0.3, 0.4) is 0 Å². The van der Waals surface area contributed by atoms with Gasteiger partial charge in [0.15, 0.2) is 0 Å². The summed E-state index contributed by atoms with van der Waals surface area (Å²) in [6, 6.07) is 11.3. The minimum Gasteiger partial charge on any atom is -0.460 e. The Morgan fingerprint density at radius 2 is 2.06 bits per heavy atom. The first-order chi connectivity index (χ1) is 8.79. The van der Waals surface area contributed by atoms with Crippen molar-refractivity contribution in [3.63, 3.8) is 0 Å². The smallest absolute Gasteiger partial charge is 0.376 e. The van der Waals surface area contributed by atoms with E-state index in [1.165, 1.54) is 6.20 Å². The molecule has 5 heteroatoms. The van der Waals surface area contributed by atoms with Gasteiger partial charge in [0.2, 0.25) is 5.82 Å². The van der Waals surface area contributed by atoms with E-state index in [0.717, 1.165) is 5.69 Å². The number of rotatable bonds is 4. The van der Waals surface area contributed by atoms with Gasteiger partial charge in [0.25, 0.3) is 0 Å². The molecule has 0 amide bonds. The molecule has 0 radical (unpaired) electrons. The quantitative estimate of drug-likeness (QED) is 0.835. The molecule has 0 atom stereocenters. The van der Waals surface area contributed by atoms with Crippen molar-refractivity contribution in [2.24, 2.45) is 0 Å². The van der Waals surface area contributed by atoms with Gasteiger partial charge >= 0.3 is 5.97 Å². The summed E-state index contributed by atoms with van der Waals surface area (Å²) >= 11 is 0. The molecule has 18 heavy (non-hydrogen) atoms. The number of nitrogens with zero attached hydrogens (tertiary/aromatic N) is 2. The van der Waals surface area contributed by atoms with Gasteiger partial charge in [-0.3, -0.25) is 0 Å². The minimum atomic E-state index is -0.519. The van der Waals surface area contributed by atoms with Crippen molar-refractivity contribution >= 4 is 17.5 Å². The van der Waals surface area contributed by atoms with Crippen LogP contribution in [0.1, 0.15) is 17.5 Å². The summed E-state index contributed by atoms with van der Waals surface area (Å²) in [5.41, 5.74) is 0.894. The summed E-state index contributed by atoms with van der Waals surface area (Å²) in [7, 11) is 0. The zero-order valence-electron chi connectivity index (χ0n) is 9.96. The van der Waals surface area contributed by atoms with E-state index in [0.29, 0.717) is 12.4 Å². The van der Waals surface area contributed by atoms with Crippen molar-refractivity contribution in [1.29, 1.82) is 0 Å². The molecule has 2 rings (SSSR count). The highest BCUT2D eigenvalue weighted by Crippen LogP contribution is 2.13. The first kappa shape index (κ1) is 12.0. The average Bonchev–Trinajstić information content (AvgIpc) is 2.40. The summed E-state index contributed by atoms with van der Waals surface area (Å²) in [5.74, 6) is 0.0891. The molecule has 92 valence electrons. The van der Waals surface area contributed by atoms with Crippen LogP contribution < -0.4 is 5.32 Å². The maximum atomic E-state index is 11.5. The number of hydrogen-bond acceptors (Lipinski definition) is 5. The van der Waals surface area contributed by atoms with Crippen LogP contribution in [0.2, 0.25) is 0 Å². The normalized spacial score (nSPS) is 9.83. The maximum Gasteiger partial charge on any atom is 0.376 e. The highest BCUT2D eigenvalue weighted by molar-refractivity contribution is 5.85. The highest BCUT2D eigenvalue weighted by atomic mass is 16.5. The van der Waals surface area contributed by atoms with Crippen LogP contribution in [0, 0.1) is 0 Å². The fraction of sp³-hybridized carbons (Fsp3) is 0.154. The van der Waals surface area contributed by atoms with Crippen LogP contribution in [-0.2, 0) is 4.74 Å². The molecule has 5 nitrogen and oxygen atoms in total. The second-order valence-electron chi connectivity index (χ2n) is 3.48. The summed E-state index contributed by atoms with van der Waals surface area (Å²) < 4.78 is 4.84. The number of ether oxygens (including phenoxy) is 1. The van der Waals surface area contributed by atoms with Crippen molar-refractivity contribution < 1.29 is 9.53 Å². The number of carbonyl (C=O) groups excluding carboxylic acids is 1. The lowest BCUT2D eigenvalue weighted by molar-refractivity contribution is 0.0512. The fourth-order valence-electron chi connectivity index (χ4n) is 1.39. The maximum absolute atomic E-state index is 11.5. The zero-order valence-corrected chi connectivity index (χ0v) is 9.96. The Hall–Kier alpha value is -2.43.